The van der Waals surface area contributed by atoms with E-state index < -0.39 is 224 Å². The first-order chi connectivity index (χ1) is 31.6. The number of ether oxygens (including phenoxy) is 11. The average Bonchev–Trinajstić information content (AvgIpc) is 3.31. The van der Waals surface area contributed by atoms with Gasteiger partial charge in [-0.1, -0.05) is 0 Å². The van der Waals surface area contributed by atoms with Crippen LogP contribution >= 0.6 is 0 Å². The molecule has 31 heteroatoms. The topological polar surface area (TPSA) is 506 Å². The molecular formula is C36H62O31. The quantitative estimate of drug-likeness (QED) is 0.0683. The Balaban J connectivity index is 1.01. The molecule has 6 heterocycles. The molecule has 0 amide bonds. The third-order valence-corrected chi connectivity index (χ3v) is 12.3. The monoisotopic (exact) mass is 990 g/mol. The molecule has 6 saturated heterocycles. The predicted molar refractivity (Wildman–Crippen MR) is 199 cm³/mol. The number of aliphatic hydroxyl groups excluding tert-OH is 20. The second-order valence-corrected chi connectivity index (χ2v) is 17.0. The van der Waals surface area contributed by atoms with Crippen molar-refractivity contribution in [2.45, 2.75) is 184 Å². The standard InChI is InChI=1S/C36H62O31/c37-1-7-13(38)20(45)26(51)32(63-7)58-3-9-15(40)22(47)28(53)34(65-9)60-5-11-17(42)24(49)30(55)36(67-11)61-6-12-18(43)23(48)29(54)35(66-12)59-4-10-16(41)21(46)27(52)33(64-10)57-2-8-14(39)19(44)25(50)31(56)62-8/h7-56H,1-6H2/t7-,8-,9-,10-,11-,12-,13-,14-,15-,16-,17+,18+,19+,20+,21+,22+,23+,24+,25-,26-,27-,28-,29-,30-,31?,32-,33-,34-,35-,36-/m1/s1. The van der Waals surface area contributed by atoms with Gasteiger partial charge in [-0.15, -0.1) is 0 Å². The van der Waals surface area contributed by atoms with Crippen molar-refractivity contribution in [3.8, 4) is 0 Å². The molecule has 1 unspecified atom stereocenters. The molecule has 0 aliphatic carbocycles. The minimum absolute atomic E-state index is 0.692. The normalized spacial score (nSPS) is 53.4. The first-order valence-corrected chi connectivity index (χ1v) is 21.1. The summed E-state index contributed by atoms with van der Waals surface area (Å²) < 4.78 is 59.7. The maximum Gasteiger partial charge on any atom is 0.186 e. The van der Waals surface area contributed by atoms with Gasteiger partial charge >= 0.3 is 0 Å². The van der Waals surface area contributed by atoms with E-state index in [2.05, 4.69) is 0 Å². The summed E-state index contributed by atoms with van der Waals surface area (Å²) in [5.74, 6) is 0. The van der Waals surface area contributed by atoms with Crippen molar-refractivity contribution in [1.82, 2.24) is 0 Å². The van der Waals surface area contributed by atoms with E-state index >= 15 is 0 Å². The van der Waals surface area contributed by atoms with Gasteiger partial charge in [0.25, 0.3) is 0 Å². The van der Waals surface area contributed by atoms with Crippen LogP contribution in [0.2, 0.25) is 0 Å². The number of rotatable bonds is 16. The van der Waals surface area contributed by atoms with Gasteiger partial charge in [0.05, 0.1) is 39.6 Å². The Hall–Kier alpha value is -1.24. The van der Waals surface area contributed by atoms with E-state index in [0.717, 1.165) is 0 Å². The second kappa shape index (κ2) is 23.5. The van der Waals surface area contributed by atoms with Crippen molar-refractivity contribution >= 4 is 0 Å². The highest BCUT2D eigenvalue weighted by atomic mass is 16.8. The molecular weight excluding hydrogens is 928 g/mol. The van der Waals surface area contributed by atoms with E-state index in [-0.39, 0.29) is 0 Å². The van der Waals surface area contributed by atoms with E-state index in [1.54, 1.807) is 0 Å². The smallest absolute Gasteiger partial charge is 0.186 e. The molecule has 6 fully saturated rings. The van der Waals surface area contributed by atoms with E-state index in [4.69, 9.17) is 52.1 Å². The molecule has 0 aromatic rings. The predicted octanol–water partition coefficient (Wildman–Crippen LogP) is -14.1. The van der Waals surface area contributed by atoms with E-state index in [9.17, 15) is 102 Å². The molecule has 0 saturated carbocycles. The highest BCUT2D eigenvalue weighted by molar-refractivity contribution is 4.96. The van der Waals surface area contributed by atoms with Crippen LogP contribution in [0.1, 0.15) is 0 Å². The van der Waals surface area contributed by atoms with Gasteiger partial charge in [-0.2, -0.15) is 0 Å². The van der Waals surface area contributed by atoms with Gasteiger partial charge in [0.2, 0.25) is 0 Å². The first-order valence-electron chi connectivity index (χ1n) is 21.1. The Bertz CT molecular complexity index is 1510. The Kier molecular flexibility index (Phi) is 19.4. The minimum Gasteiger partial charge on any atom is -0.394 e. The van der Waals surface area contributed by atoms with E-state index in [0.29, 0.717) is 0 Å². The van der Waals surface area contributed by atoms with Crippen LogP contribution in [0.4, 0.5) is 0 Å². The third kappa shape index (κ3) is 12.0. The average molecular weight is 991 g/mol. The van der Waals surface area contributed by atoms with Crippen LogP contribution in [0, 0.1) is 0 Å². The Labute approximate surface area is 378 Å². The molecule has 6 aliphatic rings. The van der Waals surface area contributed by atoms with Gasteiger partial charge in [0, 0.05) is 0 Å². The van der Waals surface area contributed by atoms with Gasteiger partial charge in [-0.25, -0.2) is 0 Å². The van der Waals surface area contributed by atoms with Crippen molar-refractivity contribution in [2.75, 3.05) is 39.6 Å². The maximum atomic E-state index is 10.7. The highest BCUT2D eigenvalue weighted by Crippen LogP contribution is 2.31. The van der Waals surface area contributed by atoms with Crippen LogP contribution in [0.25, 0.3) is 0 Å². The van der Waals surface area contributed by atoms with E-state index in [1.807, 2.05) is 0 Å². The molecule has 30 atom stereocenters. The molecule has 0 aromatic carbocycles. The van der Waals surface area contributed by atoms with Crippen LogP contribution in [0.5, 0.6) is 0 Å². The van der Waals surface area contributed by atoms with Crippen molar-refractivity contribution in [1.29, 1.82) is 0 Å². The molecule has 20 N–H and O–H groups in total. The maximum absolute atomic E-state index is 10.7. The lowest BCUT2D eigenvalue weighted by atomic mass is 9.97. The zero-order valence-corrected chi connectivity index (χ0v) is 35.0. The van der Waals surface area contributed by atoms with Crippen LogP contribution in [-0.4, -0.2) is 326 Å². The van der Waals surface area contributed by atoms with Crippen molar-refractivity contribution in [2.24, 2.45) is 0 Å². The molecule has 0 radical (unpaired) electrons. The summed E-state index contributed by atoms with van der Waals surface area (Å²) in [4.78, 5) is 0. The summed E-state index contributed by atoms with van der Waals surface area (Å²) >= 11 is 0. The zero-order chi connectivity index (χ0) is 49.3. The molecule has 0 aromatic heterocycles. The first kappa shape index (κ1) is 55.1. The lowest BCUT2D eigenvalue weighted by Gasteiger charge is -2.44. The fraction of sp³-hybridized carbons (Fsp3) is 1.00. The molecule has 67 heavy (non-hydrogen) atoms. The summed E-state index contributed by atoms with van der Waals surface area (Å²) in [7, 11) is 0. The van der Waals surface area contributed by atoms with Crippen LogP contribution in [-0.2, 0) is 52.1 Å². The van der Waals surface area contributed by atoms with Crippen LogP contribution < -0.4 is 0 Å². The summed E-state index contributed by atoms with van der Waals surface area (Å²) in [6, 6.07) is 0. The summed E-state index contributed by atoms with van der Waals surface area (Å²) in [6.07, 6.45) is -54.2. The molecule has 0 bridgehead atoms. The molecule has 392 valence electrons. The summed E-state index contributed by atoms with van der Waals surface area (Å²) in [5.41, 5.74) is 0. The Morgan fingerprint density at radius 2 is 0.418 bits per heavy atom. The molecule has 6 rings (SSSR count). The fourth-order valence-corrected chi connectivity index (χ4v) is 7.99. The second-order valence-electron chi connectivity index (χ2n) is 17.0. The molecule has 6 aliphatic heterocycles. The molecule has 0 spiro atoms. The van der Waals surface area contributed by atoms with Gasteiger partial charge in [-0.05, 0) is 0 Å². The fourth-order valence-electron chi connectivity index (χ4n) is 7.99. The van der Waals surface area contributed by atoms with E-state index in [1.165, 1.54) is 0 Å². The number of hydrogen-bond donors (Lipinski definition) is 20. The summed E-state index contributed by atoms with van der Waals surface area (Å²) in [5, 5.41) is 206. The van der Waals surface area contributed by atoms with Crippen molar-refractivity contribution in [3.05, 3.63) is 0 Å². The van der Waals surface area contributed by atoms with Gasteiger partial charge in [0.1, 0.15) is 146 Å². The highest BCUT2D eigenvalue weighted by Gasteiger charge is 2.52. The number of aliphatic hydroxyl groups is 20. The largest absolute Gasteiger partial charge is 0.394 e. The third-order valence-electron chi connectivity index (χ3n) is 12.3. The van der Waals surface area contributed by atoms with Crippen molar-refractivity contribution < 1.29 is 154 Å². The molecule has 31 nitrogen and oxygen atoms in total. The minimum atomic E-state index is -2.01. The van der Waals surface area contributed by atoms with Gasteiger partial charge in [0.15, 0.2) is 37.7 Å². The van der Waals surface area contributed by atoms with Gasteiger partial charge in [-0.3, -0.25) is 0 Å². The lowest BCUT2D eigenvalue weighted by Crippen LogP contribution is -2.63. The van der Waals surface area contributed by atoms with Gasteiger partial charge < -0.3 is 154 Å². The Morgan fingerprint density at radius 3 is 0.657 bits per heavy atom. The zero-order valence-electron chi connectivity index (χ0n) is 35.0. The summed E-state index contributed by atoms with van der Waals surface area (Å²) in [6.45, 7) is -4.51. The lowest BCUT2D eigenvalue weighted by molar-refractivity contribution is -0.352. The van der Waals surface area contributed by atoms with Crippen LogP contribution in [0.15, 0.2) is 0 Å². The van der Waals surface area contributed by atoms with Crippen LogP contribution in [0.3, 0.4) is 0 Å². The van der Waals surface area contributed by atoms with Crippen molar-refractivity contribution in [3.63, 3.8) is 0 Å². The number of hydrogen-bond acceptors (Lipinski definition) is 31. The SMILES string of the molecule is OC[C@H]1O[C@@H](OC[C@H]2O[C@@H](OC[C@H]3O[C@@H](OC[C@H]4O[C@@H](OC[C@H]5O[C@@H](OC[C@H]6OC(O)[C@H](O)[C@@H](O)[C@@H]6O)[C@H](O)[C@@H](O)[C@@H]5O)[C@H](O)[C@@H](O)[C@H]4O)[C@H](O)[C@@H](O)[C@H]3O)[C@H](O)[C@@H](O)[C@@H]2O)[C@H](O)[C@@H](O)[C@@H]1O. The Morgan fingerprint density at radius 1 is 0.224 bits per heavy atom.